The van der Waals surface area contributed by atoms with E-state index in [0.717, 1.165) is 24.2 Å². The molecule has 1 fully saturated rings. The van der Waals surface area contributed by atoms with Crippen molar-refractivity contribution in [3.63, 3.8) is 0 Å². The SMILES string of the molecule is COC(=O)CCc1ccc(OC2CCCC(Br)C2)cc1. The van der Waals surface area contributed by atoms with Crippen LogP contribution in [0.2, 0.25) is 0 Å². The summed E-state index contributed by atoms with van der Waals surface area (Å²) in [6, 6.07) is 8.02. The minimum absolute atomic E-state index is 0.170. The number of aryl methyl sites for hydroxylation is 1. The van der Waals surface area contributed by atoms with Crippen molar-refractivity contribution in [3.8, 4) is 5.75 Å². The summed E-state index contributed by atoms with van der Waals surface area (Å²) >= 11 is 3.67. The van der Waals surface area contributed by atoms with Crippen molar-refractivity contribution >= 4 is 21.9 Å². The van der Waals surface area contributed by atoms with E-state index in [0.29, 0.717) is 23.8 Å². The summed E-state index contributed by atoms with van der Waals surface area (Å²) < 4.78 is 10.6. The summed E-state index contributed by atoms with van der Waals surface area (Å²) in [7, 11) is 1.42. The van der Waals surface area contributed by atoms with E-state index in [9.17, 15) is 4.79 Å². The minimum atomic E-state index is -0.170. The molecule has 2 atom stereocenters. The molecule has 0 bridgehead atoms. The van der Waals surface area contributed by atoms with Gasteiger partial charge in [0.15, 0.2) is 0 Å². The Labute approximate surface area is 128 Å². The third-order valence-corrected chi connectivity index (χ3v) is 4.47. The van der Waals surface area contributed by atoms with Gasteiger partial charge in [0, 0.05) is 11.2 Å². The topological polar surface area (TPSA) is 35.5 Å². The average molecular weight is 341 g/mol. The lowest BCUT2D eigenvalue weighted by Crippen LogP contribution is -2.25. The van der Waals surface area contributed by atoms with Crippen LogP contribution in [0.3, 0.4) is 0 Å². The number of halogens is 1. The fraction of sp³-hybridized carbons (Fsp3) is 0.562. The molecule has 2 rings (SSSR count). The van der Waals surface area contributed by atoms with E-state index in [1.807, 2.05) is 24.3 Å². The molecule has 1 aliphatic rings. The van der Waals surface area contributed by atoms with Crippen molar-refractivity contribution in [2.45, 2.75) is 49.5 Å². The molecule has 0 radical (unpaired) electrons. The van der Waals surface area contributed by atoms with Gasteiger partial charge in [-0.25, -0.2) is 0 Å². The Kier molecular flexibility index (Phi) is 5.89. The number of carbonyl (C=O) groups is 1. The van der Waals surface area contributed by atoms with E-state index in [1.54, 1.807) is 0 Å². The standard InChI is InChI=1S/C16H21BrO3/c1-19-16(18)10-7-12-5-8-14(9-6-12)20-15-4-2-3-13(17)11-15/h5-6,8-9,13,15H,2-4,7,10-11H2,1H3. The largest absolute Gasteiger partial charge is 0.490 e. The summed E-state index contributed by atoms with van der Waals surface area (Å²) in [6.07, 6.45) is 6.11. The number of methoxy groups -OCH3 is 1. The van der Waals surface area contributed by atoms with Crippen LogP contribution in [-0.2, 0) is 16.0 Å². The summed E-state index contributed by atoms with van der Waals surface area (Å²) in [5.41, 5.74) is 1.13. The molecular weight excluding hydrogens is 320 g/mol. The van der Waals surface area contributed by atoms with E-state index < -0.39 is 0 Å². The van der Waals surface area contributed by atoms with Gasteiger partial charge in [-0.05, 0) is 49.8 Å². The molecule has 1 aromatic rings. The van der Waals surface area contributed by atoms with Crippen LogP contribution in [0, 0.1) is 0 Å². The summed E-state index contributed by atoms with van der Waals surface area (Å²) in [5, 5.41) is 0. The molecule has 20 heavy (non-hydrogen) atoms. The zero-order chi connectivity index (χ0) is 14.4. The van der Waals surface area contributed by atoms with Crippen LogP contribution in [0.15, 0.2) is 24.3 Å². The van der Waals surface area contributed by atoms with Crippen molar-refractivity contribution in [1.82, 2.24) is 0 Å². The molecule has 3 nitrogen and oxygen atoms in total. The van der Waals surface area contributed by atoms with Gasteiger partial charge in [-0.2, -0.15) is 0 Å². The Morgan fingerprint density at radius 3 is 2.70 bits per heavy atom. The number of hydrogen-bond donors (Lipinski definition) is 0. The predicted octanol–water partition coefficient (Wildman–Crippen LogP) is 3.88. The number of esters is 1. The molecule has 0 aromatic heterocycles. The molecule has 0 aliphatic heterocycles. The van der Waals surface area contributed by atoms with E-state index >= 15 is 0 Å². The highest BCUT2D eigenvalue weighted by molar-refractivity contribution is 9.09. The first-order valence-electron chi connectivity index (χ1n) is 7.14. The zero-order valence-corrected chi connectivity index (χ0v) is 13.4. The lowest BCUT2D eigenvalue weighted by atomic mass is 9.97. The second kappa shape index (κ2) is 7.67. The lowest BCUT2D eigenvalue weighted by Gasteiger charge is -2.26. The zero-order valence-electron chi connectivity index (χ0n) is 11.8. The lowest BCUT2D eigenvalue weighted by molar-refractivity contribution is -0.140. The average Bonchev–Trinajstić information content (AvgIpc) is 2.46. The van der Waals surface area contributed by atoms with Gasteiger partial charge >= 0.3 is 5.97 Å². The molecule has 0 amide bonds. The maximum Gasteiger partial charge on any atom is 0.305 e. The molecule has 4 heteroatoms. The molecule has 0 saturated heterocycles. The van der Waals surface area contributed by atoms with E-state index in [2.05, 4.69) is 20.7 Å². The van der Waals surface area contributed by atoms with Gasteiger partial charge in [-0.15, -0.1) is 0 Å². The fourth-order valence-corrected chi connectivity index (χ4v) is 3.21. The van der Waals surface area contributed by atoms with E-state index in [1.165, 1.54) is 20.0 Å². The van der Waals surface area contributed by atoms with Crippen LogP contribution in [-0.4, -0.2) is 24.0 Å². The highest BCUT2D eigenvalue weighted by atomic mass is 79.9. The normalized spacial score (nSPS) is 22.3. The fourth-order valence-electron chi connectivity index (χ4n) is 2.47. The van der Waals surface area contributed by atoms with Crippen molar-refractivity contribution in [1.29, 1.82) is 0 Å². The number of benzene rings is 1. The maximum atomic E-state index is 11.1. The Morgan fingerprint density at radius 1 is 1.30 bits per heavy atom. The monoisotopic (exact) mass is 340 g/mol. The maximum absolute atomic E-state index is 11.1. The number of ether oxygens (including phenoxy) is 2. The molecule has 110 valence electrons. The molecule has 0 heterocycles. The first-order chi connectivity index (χ1) is 9.67. The Hall–Kier alpha value is -1.03. The van der Waals surface area contributed by atoms with Gasteiger partial charge in [-0.3, -0.25) is 4.79 Å². The first kappa shape index (κ1) is 15.4. The highest BCUT2D eigenvalue weighted by Crippen LogP contribution is 2.27. The van der Waals surface area contributed by atoms with Gasteiger partial charge in [0.25, 0.3) is 0 Å². The number of alkyl halides is 1. The molecule has 2 unspecified atom stereocenters. The molecular formula is C16H21BrO3. The third kappa shape index (κ3) is 4.82. The predicted molar refractivity (Wildman–Crippen MR) is 82.4 cm³/mol. The molecule has 0 N–H and O–H groups in total. The molecule has 1 aliphatic carbocycles. The summed E-state index contributed by atoms with van der Waals surface area (Å²) in [5.74, 6) is 0.745. The third-order valence-electron chi connectivity index (χ3n) is 3.63. The molecule has 1 saturated carbocycles. The van der Waals surface area contributed by atoms with Gasteiger partial charge in [-0.1, -0.05) is 28.1 Å². The van der Waals surface area contributed by atoms with Crippen molar-refractivity contribution in [2.75, 3.05) is 7.11 Å². The second-order valence-electron chi connectivity index (χ2n) is 5.22. The Bertz CT molecular complexity index is 430. The van der Waals surface area contributed by atoms with Crippen LogP contribution in [0.25, 0.3) is 0 Å². The van der Waals surface area contributed by atoms with Gasteiger partial charge in [0.1, 0.15) is 5.75 Å². The highest BCUT2D eigenvalue weighted by Gasteiger charge is 2.21. The van der Waals surface area contributed by atoms with Crippen LogP contribution < -0.4 is 4.74 Å². The van der Waals surface area contributed by atoms with Gasteiger partial charge in [0.2, 0.25) is 0 Å². The van der Waals surface area contributed by atoms with Crippen molar-refractivity contribution in [3.05, 3.63) is 29.8 Å². The second-order valence-corrected chi connectivity index (χ2v) is 6.52. The quantitative estimate of drug-likeness (QED) is 0.602. The summed E-state index contributed by atoms with van der Waals surface area (Å²) in [6.45, 7) is 0. The Morgan fingerprint density at radius 2 is 2.05 bits per heavy atom. The smallest absolute Gasteiger partial charge is 0.305 e. The van der Waals surface area contributed by atoms with Crippen LogP contribution in [0.4, 0.5) is 0 Å². The number of carbonyl (C=O) groups excluding carboxylic acids is 1. The van der Waals surface area contributed by atoms with E-state index in [-0.39, 0.29) is 5.97 Å². The van der Waals surface area contributed by atoms with Crippen LogP contribution in [0.1, 0.15) is 37.7 Å². The van der Waals surface area contributed by atoms with Crippen molar-refractivity contribution in [2.24, 2.45) is 0 Å². The van der Waals surface area contributed by atoms with Crippen LogP contribution in [0.5, 0.6) is 5.75 Å². The minimum Gasteiger partial charge on any atom is -0.490 e. The Balaban J connectivity index is 1.83. The van der Waals surface area contributed by atoms with Crippen LogP contribution >= 0.6 is 15.9 Å². The molecule has 1 aromatic carbocycles. The first-order valence-corrected chi connectivity index (χ1v) is 8.05. The van der Waals surface area contributed by atoms with E-state index in [4.69, 9.17) is 4.74 Å². The van der Waals surface area contributed by atoms with Crippen molar-refractivity contribution < 1.29 is 14.3 Å². The summed E-state index contributed by atoms with van der Waals surface area (Å²) in [4.78, 5) is 11.7. The molecule has 0 spiro atoms. The number of rotatable bonds is 5. The van der Waals surface area contributed by atoms with Gasteiger partial charge in [0.05, 0.1) is 13.2 Å². The van der Waals surface area contributed by atoms with Gasteiger partial charge < -0.3 is 9.47 Å². The number of hydrogen-bond acceptors (Lipinski definition) is 3.